The molecule has 12 aromatic heterocycles. The first-order chi connectivity index (χ1) is 38.5. The number of anilines is 2. The van der Waals surface area contributed by atoms with E-state index in [9.17, 15) is 0 Å². The topological polar surface area (TPSA) is 316 Å². The molecule has 2 aliphatic heterocycles. The highest BCUT2D eigenvalue weighted by Crippen LogP contribution is 2.42. The average molecular weight is 1010 g/mol. The summed E-state index contributed by atoms with van der Waals surface area (Å²) in [5, 5.41) is 5.68. The van der Waals surface area contributed by atoms with Gasteiger partial charge in [0, 0.05) is 80.3 Å². The monoisotopic (exact) mass is 1010 g/mol. The molecule has 0 atom stereocenters. The molecule has 0 aliphatic carbocycles. The number of aromatic amines is 2. The first kappa shape index (κ1) is 40.8. The molecular formula is C56H26N22. The van der Waals surface area contributed by atoms with Crippen LogP contribution < -0.4 is 11.5 Å². The fraction of sp³-hybridized carbons (Fsp3) is 0. The summed E-state index contributed by atoms with van der Waals surface area (Å²) < 4.78 is 0. The van der Waals surface area contributed by atoms with Crippen molar-refractivity contribution in [3.05, 3.63) is 122 Å². The van der Waals surface area contributed by atoms with Crippen molar-refractivity contribution in [3.63, 3.8) is 0 Å². The molecular weight excluding hydrogens is 981 g/mol. The van der Waals surface area contributed by atoms with Gasteiger partial charge >= 0.3 is 0 Å². The van der Waals surface area contributed by atoms with Gasteiger partial charge in [0.1, 0.15) is 45.1 Å². The molecule has 22 heteroatoms. The fourth-order valence-corrected chi connectivity index (χ4v) is 11.1. The van der Waals surface area contributed by atoms with Gasteiger partial charge in [-0.25, -0.2) is 59.8 Å². The molecule has 0 saturated carbocycles. The number of hydrogen-bond donors (Lipinski definition) is 4. The Balaban J connectivity index is 1.04. The van der Waals surface area contributed by atoms with E-state index in [-0.39, 0.29) is 34.6 Å². The molecule has 0 fully saturated rings. The highest BCUT2D eigenvalue weighted by molar-refractivity contribution is 6.24. The summed E-state index contributed by atoms with van der Waals surface area (Å²) in [6.45, 7) is 0. The molecule has 0 radical (unpaired) electrons. The van der Waals surface area contributed by atoms with Gasteiger partial charge in [-0.3, -0.25) is 29.9 Å². The van der Waals surface area contributed by atoms with Crippen molar-refractivity contribution in [2.45, 2.75) is 0 Å². The number of nitrogens with zero attached hydrogens (tertiary/aromatic N) is 18. The van der Waals surface area contributed by atoms with Gasteiger partial charge in [-0.1, -0.05) is 0 Å². The Hall–Kier alpha value is -11.7. The molecule has 360 valence electrons. The minimum atomic E-state index is 0.183. The number of hydrogen-bond acceptors (Lipinski definition) is 20. The van der Waals surface area contributed by atoms with Crippen molar-refractivity contribution in [3.8, 4) is 46.1 Å². The molecule has 18 rings (SSSR count). The summed E-state index contributed by atoms with van der Waals surface area (Å²) in [5.74, 6) is 0.765. The van der Waals surface area contributed by atoms with Crippen molar-refractivity contribution < 1.29 is 0 Å². The minimum Gasteiger partial charge on any atom is -0.397 e. The first-order valence-corrected chi connectivity index (χ1v) is 24.5. The number of H-pyrrole nitrogens is 2. The van der Waals surface area contributed by atoms with Gasteiger partial charge < -0.3 is 21.4 Å². The van der Waals surface area contributed by atoms with Crippen LogP contribution >= 0.6 is 0 Å². The number of nitrogens with two attached hydrogens (primary N) is 2. The van der Waals surface area contributed by atoms with E-state index in [1.54, 1.807) is 49.3 Å². The molecule has 0 unspecified atom stereocenters. The maximum atomic E-state index is 6.55. The zero-order valence-corrected chi connectivity index (χ0v) is 39.8. The van der Waals surface area contributed by atoms with Crippen LogP contribution in [0.4, 0.5) is 11.4 Å². The predicted octanol–water partition coefficient (Wildman–Crippen LogP) is 9.15. The Morgan fingerprint density at radius 3 is 0.795 bits per heavy atom. The van der Waals surface area contributed by atoms with Crippen LogP contribution in [0.25, 0.3) is 189 Å². The first-order valence-electron chi connectivity index (χ1n) is 24.5. The van der Waals surface area contributed by atoms with Gasteiger partial charge in [-0.2, -0.15) is 0 Å². The van der Waals surface area contributed by atoms with Gasteiger partial charge in [0.2, 0.25) is 0 Å². The van der Waals surface area contributed by atoms with E-state index < -0.39 is 0 Å². The Labute approximate surface area is 432 Å². The second-order valence-electron chi connectivity index (χ2n) is 18.9. The third-order valence-corrected chi connectivity index (χ3v) is 14.5. The molecule has 0 spiro atoms. The summed E-state index contributed by atoms with van der Waals surface area (Å²) in [6.07, 6.45) is 10.4. The third kappa shape index (κ3) is 5.41. The summed E-state index contributed by atoms with van der Waals surface area (Å²) in [7, 11) is 0. The highest BCUT2D eigenvalue weighted by Gasteiger charge is 2.30. The van der Waals surface area contributed by atoms with Crippen molar-refractivity contribution >= 4 is 154 Å². The standard InChI is InChI=1S/C56H26N22/c57-29-19-27-28(20-30(29)58)50-71-49(27)72-51-43-45(67-39-23-9-3-15-61-33(23)31-21(37(39)65-43)7-1-13-59-31)53(74-51)76-55-47-48(70-42-26-12-6-18-64-36(26)35-25(41(42)69-47)11-5-17-63-35)56(78-55)77-54-46-44(52(73-50)75-54)66-38-22-8-2-14-60-32(22)34-24(40(38)68-46)10-4-16-62-34/h1-20H,57-58H2,(H2,71,72,73,74,75,76,77,78). The fourth-order valence-electron chi connectivity index (χ4n) is 11.1. The maximum Gasteiger partial charge on any atom is 0.184 e. The predicted molar refractivity (Wildman–Crippen MR) is 296 cm³/mol. The zero-order valence-electron chi connectivity index (χ0n) is 39.8. The highest BCUT2D eigenvalue weighted by atomic mass is 15.1. The number of rotatable bonds is 0. The average Bonchev–Trinajstić information content (AvgIpc) is 4.34. The summed E-state index contributed by atoms with van der Waals surface area (Å²) in [5.41, 5.74) is 24.7. The smallest absolute Gasteiger partial charge is 0.184 e. The zero-order chi connectivity index (χ0) is 51.1. The molecule has 8 bridgehead atoms. The lowest BCUT2D eigenvalue weighted by Crippen LogP contribution is -1.96. The normalized spacial score (nSPS) is 12.5. The number of benzene rings is 4. The Bertz CT molecular complexity index is 5360. The summed E-state index contributed by atoms with van der Waals surface area (Å²) in [6, 6.07) is 26.4. The largest absolute Gasteiger partial charge is 0.397 e. The van der Waals surface area contributed by atoms with Crippen LogP contribution in [-0.2, 0) is 0 Å². The molecule has 4 aromatic carbocycles. The Kier molecular flexibility index (Phi) is 7.60. The lowest BCUT2D eigenvalue weighted by molar-refractivity contribution is 1.18. The molecule has 0 amide bonds. The third-order valence-electron chi connectivity index (χ3n) is 14.5. The number of pyridine rings is 6. The van der Waals surface area contributed by atoms with E-state index in [2.05, 4.69) is 9.97 Å². The Morgan fingerprint density at radius 2 is 0.500 bits per heavy atom. The van der Waals surface area contributed by atoms with E-state index >= 15 is 0 Å². The lowest BCUT2D eigenvalue weighted by atomic mass is 10.1. The van der Waals surface area contributed by atoms with E-state index in [1.807, 2.05) is 72.8 Å². The van der Waals surface area contributed by atoms with E-state index in [1.165, 1.54) is 0 Å². The van der Waals surface area contributed by atoms with Gasteiger partial charge in [-0.15, -0.1) is 0 Å². The van der Waals surface area contributed by atoms with Crippen LogP contribution in [0.2, 0.25) is 0 Å². The molecule has 2 aliphatic rings. The summed E-state index contributed by atoms with van der Waals surface area (Å²) >= 11 is 0. The van der Waals surface area contributed by atoms with Gasteiger partial charge in [0.05, 0.1) is 77.6 Å². The van der Waals surface area contributed by atoms with E-state index in [4.69, 9.17) is 101 Å². The van der Waals surface area contributed by atoms with Gasteiger partial charge in [-0.05, 0) is 84.9 Å². The molecule has 78 heavy (non-hydrogen) atoms. The number of aromatic nitrogens is 20. The number of fused-ring (bicyclic) bond motifs is 38. The van der Waals surface area contributed by atoms with Crippen molar-refractivity contribution in [1.29, 1.82) is 0 Å². The summed E-state index contributed by atoms with van der Waals surface area (Å²) in [4.78, 5) is 99.1. The SMILES string of the molecule is Nc1cc2c3nc4nc(nc5[nH]c(nc6nc(nc([nH]3)c2cc1N)-c1nc2c3cccnc3c3ncccc3c2nc1-6)c1nc2c3cccnc3c3ncccc3c2nc51)-c1nc2c3cccnc3c3ncccc3c2nc1-4. The quantitative estimate of drug-likeness (QED) is 0.0812. The minimum absolute atomic E-state index is 0.183. The van der Waals surface area contributed by atoms with Crippen molar-refractivity contribution in [2.24, 2.45) is 0 Å². The van der Waals surface area contributed by atoms with Crippen LogP contribution in [-0.4, -0.2) is 99.7 Å². The van der Waals surface area contributed by atoms with Crippen molar-refractivity contribution in [1.82, 2.24) is 99.7 Å². The van der Waals surface area contributed by atoms with Crippen LogP contribution in [0.3, 0.4) is 0 Å². The van der Waals surface area contributed by atoms with Gasteiger partial charge in [0.15, 0.2) is 34.6 Å². The molecule has 0 saturated heterocycles. The Morgan fingerprint density at radius 1 is 0.244 bits per heavy atom. The second kappa shape index (κ2) is 14.5. The second-order valence-corrected chi connectivity index (χ2v) is 18.9. The molecule has 6 N–H and O–H groups in total. The van der Waals surface area contributed by atoms with Crippen LogP contribution in [0.5, 0.6) is 0 Å². The number of nitrogens with one attached hydrogen (secondary N) is 2. The van der Waals surface area contributed by atoms with Crippen LogP contribution in [0, 0.1) is 0 Å². The van der Waals surface area contributed by atoms with Crippen LogP contribution in [0.1, 0.15) is 0 Å². The molecule has 14 heterocycles. The maximum absolute atomic E-state index is 6.55. The number of nitrogen functional groups attached to an aromatic ring is 2. The van der Waals surface area contributed by atoms with E-state index in [0.29, 0.717) is 133 Å². The molecule has 22 nitrogen and oxygen atoms in total. The van der Waals surface area contributed by atoms with Crippen LogP contribution in [0.15, 0.2) is 122 Å². The van der Waals surface area contributed by atoms with E-state index in [0.717, 1.165) is 32.3 Å². The molecule has 16 aromatic rings. The van der Waals surface area contributed by atoms with Crippen molar-refractivity contribution in [2.75, 3.05) is 11.5 Å². The lowest BCUT2D eigenvalue weighted by Gasteiger charge is -2.09. The van der Waals surface area contributed by atoms with Gasteiger partial charge in [0.25, 0.3) is 0 Å².